The van der Waals surface area contributed by atoms with E-state index in [1.807, 2.05) is 0 Å². The zero-order valence-corrected chi connectivity index (χ0v) is 23.4. The number of fused-ring (bicyclic) bond motifs is 1. The minimum absolute atomic E-state index is 0.0675. The molecule has 3 heterocycles. The number of aromatic nitrogens is 4. The van der Waals surface area contributed by atoms with Crippen molar-refractivity contribution in [3.8, 4) is 11.5 Å². The Balaban J connectivity index is 1.47. The van der Waals surface area contributed by atoms with Crippen LogP contribution >= 0.6 is 11.6 Å². The SMILES string of the molecule is C[Si](C)(C)CCOCn1cc(Cl)c2c(Oc3c(F)cc(NC(=O)Nc4ccc(C(F)F)nn4)cc3F)ccnc21. The third-order valence-electron chi connectivity index (χ3n) is 5.52. The molecule has 0 spiro atoms. The Morgan fingerprint density at radius 3 is 2.45 bits per heavy atom. The molecule has 4 aromatic rings. The second kappa shape index (κ2) is 12.2. The van der Waals surface area contributed by atoms with Crippen molar-refractivity contribution in [3.63, 3.8) is 0 Å². The lowest BCUT2D eigenvalue weighted by Crippen LogP contribution is -2.22. The summed E-state index contributed by atoms with van der Waals surface area (Å²) in [4.78, 5) is 16.5. The summed E-state index contributed by atoms with van der Waals surface area (Å²) in [6, 6.07) is 5.26. The van der Waals surface area contributed by atoms with Crippen molar-refractivity contribution in [2.75, 3.05) is 17.2 Å². The molecule has 0 fully saturated rings. The number of hydrogen-bond acceptors (Lipinski definition) is 6. The van der Waals surface area contributed by atoms with Crippen molar-refractivity contribution in [1.29, 1.82) is 0 Å². The second-order valence-corrected chi connectivity index (χ2v) is 15.9. The van der Waals surface area contributed by atoms with Gasteiger partial charge < -0.3 is 19.4 Å². The highest BCUT2D eigenvalue weighted by atomic mass is 35.5. The number of nitrogens with zero attached hydrogens (tertiary/aromatic N) is 4. The van der Waals surface area contributed by atoms with E-state index in [1.165, 1.54) is 12.3 Å². The number of benzene rings is 1. The standard InChI is InChI=1S/C25H25ClF4N6O3Si/c1-40(2,3)9-8-38-13-36-12-15(26)21-19(6-7-31-24(21)36)39-22-16(27)10-14(11-17(22)28)32-25(37)33-20-5-4-18(23(29)30)34-35-20/h4-7,10-12,23H,8-9,13H2,1-3H3,(H2,32,33,35,37). The lowest BCUT2D eigenvalue weighted by atomic mass is 10.2. The van der Waals surface area contributed by atoms with Crippen molar-refractivity contribution in [2.45, 2.75) is 38.8 Å². The van der Waals surface area contributed by atoms with Crippen LogP contribution in [0.15, 0.2) is 42.7 Å². The molecule has 9 nitrogen and oxygen atoms in total. The molecule has 0 radical (unpaired) electrons. The smallest absolute Gasteiger partial charge is 0.324 e. The number of carbonyl (C=O) groups is 1. The summed E-state index contributed by atoms with van der Waals surface area (Å²) in [5.74, 6) is -3.01. The molecule has 4 rings (SSSR count). The number of nitrogens with one attached hydrogen (secondary N) is 2. The first kappa shape index (κ1) is 29.2. The first-order valence-electron chi connectivity index (χ1n) is 12.0. The minimum atomic E-state index is -2.82. The average Bonchev–Trinajstić information content (AvgIpc) is 3.20. The van der Waals surface area contributed by atoms with E-state index in [9.17, 15) is 22.4 Å². The molecular weight excluding hydrogens is 572 g/mol. The third-order valence-corrected chi connectivity index (χ3v) is 7.51. The maximum atomic E-state index is 14.9. The van der Waals surface area contributed by atoms with Gasteiger partial charge in [-0.3, -0.25) is 5.32 Å². The first-order valence-corrected chi connectivity index (χ1v) is 16.1. The van der Waals surface area contributed by atoms with Gasteiger partial charge in [0.15, 0.2) is 23.2 Å². The molecule has 0 bridgehead atoms. The molecule has 0 atom stereocenters. The molecule has 0 unspecified atom stereocenters. The van der Waals surface area contributed by atoms with Crippen LogP contribution in [0.5, 0.6) is 11.5 Å². The zero-order valence-electron chi connectivity index (χ0n) is 21.6. The fraction of sp³-hybridized carbons (Fsp3) is 0.280. The fourth-order valence-electron chi connectivity index (χ4n) is 3.51. The van der Waals surface area contributed by atoms with Gasteiger partial charge in [-0.05, 0) is 24.2 Å². The van der Waals surface area contributed by atoms with Crippen LogP contribution in [0.2, 0.25) is 30.7 Å². The van der Waals surface area contributed by atoms with E-state index < -0.39 is 43.6 Å². The number of hydrogen-bond donors (Lipinski definition) is 2. The third kappa shape index (κ3) is 7.25. The van der Waals surface area contributed by atoms with Gasteiger partial charge in [0.2, 0.25) is 0 Å². The molecule has 212 valence electrons. The second-order valence-electron chi connectivity index (χ2n) is 9.90. The van der Waals surface area contributed by atoms with Crippen LogP contribution in [-0.4, -0.2) is 40.5 Å². The number of pyridine rings is 1. The Bertz CT molecular complexity index is 1490. The monoisotopic (exact) mass is 596 g/mol. The molecule has 0 aliphatic carbocycles. The minimum Gasteiger partial charge on any atom is -0.450 e. The topological polar surface area (TPSA) is 103 Å². The van der Waals surface area contributed by atoms with Crippen molar-refractivity contribution in [1.82, 2.24) is 19.7 Å². The molecule has 15 heteroatoms. The van der Waals surface area contributed by atoms with Gasteiger partial charge in [-0.1, -0.05) is 31.2 Å². The lowest BCUT2D eigenvalue weighted by molar-refractivity contribution is 0.0899. The van der Waals surface area contributed by atoms with E-state index in [4.69, 9.17) is 21.1 Å². The van der Waals surface area contributed by atoms with E-state index in [0.29, 0.717) is 17.6 Å². The number of urea groups is 1. The van der Waals surface area contributed by atoms with E-state index in [-0.39, 0.29) is 29.0 Å². The summed E-state index contributed by atoms with van der Waals surface area (Å²) in [5.41, 5.74) is -0.395. The number of halogens is 5. The average molecular weight is 597 g/mol. The molecule has 0 saturated carbocycles. The summed E-state index contributed by atoms with van der Waals surface area (Å²) in [6.45, 7) is 7.50. The maximum absolute atomic E-state index is 14.9. The summed E-state index contributed by atoms with van der Waals surface area (Å²) in [5, 5.41) is 11.8. The number of rotatable bonds is 10. The Hall–Kier alpha value is -3.75. The van der Waals surface area contributed by atoms with Gasteiger partial charge >= 0.3 is 6.03 Å². The van der Waals surface area contributed by atoms with Gasteiger partial charge in [0, 0.05) is 44.9 Å². The Kier molecular flexibility index (Phi) is 8.91. The van der Waals surface area contributed by atoms with Gasteiger partial charge in [0.25, 0.3) is 6.43 Å². The van der Waals surface area contributed by atoms with Crippen molar-refractivity contribution >= 4 is 48.2 Å². The highest BCUT2D eigenvalue weighted by Gasteiger charge is 2.20. The Morgan fingerprint density at radius 1 is 1.10 bits per heavy atom. The van der Waals surface area contributed by atoms with Crippen LogP contribution in [0, 0.1) is 11.6 Å². The maximum Gasteiger partial charge on any atom is 0.324 e. The number of alkyl halides is 2. The molecule has 40 heavy (non-hydrogen) atoms. The van der Waals surface area contributed by atoms with Gasteiger partial charge in [-0.15, -0.1) is 10.2 Å². The van der Waals surface area contributed by atoms with Crippen molar-refractivity contribution in [2.24, 2.45) is 0 Å². The Morgan fingerprint density at radius 2 is 1.82 bits per heavy atom. The molecule has 0 aliphatic rings. The molecule has 2 N–H and O–H groups in total. The largest absolute Gasteiger partial charge is 0.450 e. The van der Waals surface area contributed by atoms with E-state index >= 15 is 0 Å². The fourth-order valence-corrected chi connectivity index (χ4v) is 4.56. The van der Waals surface area contributed by atoms with Gasteiger partial charge in [0.05, 0.1) is 10.4 Å². The molecule has 3 aromatic heterocycles. The van der Waals surface area contributed by atoms with Gasteiger partial charge in [-0.25, -0.2) is 27.3 Å². The zero-order chi connectivity index (χ0) is 29.0. The highest BCUT2D eigenvalue weighted by molar-refractivity contribution is 6.76. The lowest BCUT2D eigenvalue weighted by Gasteiger charge is -2.15. The summed E-state index contributed by atoms with van der Waals surface area (Å²) in [6.07, 6.45) is 0.198. The number of amides is 2. The van der Waals surface area contributed by atoms with Crippen LogP contribution in [0.4, 0.5) is 33.9 Å². The van der Waals surface area contributed by atoms with Crippen LogP contribution in [-0.2, 0) is 11.5 Å². The number of carbonyl (C=O) groups excluding carboxylic acids is 1. The predicted molar refractivity (Wildman–Crippen MR) is 145 cm³/mol. The summed E-state index contributed by atoms with van der Waals surface area (Å²) < 4.78 is 68.0. The van der Waals surface area contributed by atoms with Crippen LogP contribution in [0.1, 0.15) is 12.1 Å². The normalized spacial score (nSPS) is 11.7. The van der Waals surface area contributed by atoms with Crippen LogP contribution < -0.4 is 15.4 Å². The Labute approximate surface area is 232 Å². The van der Waals surface area contributed by atoms with Crippen LogP contribution in [0.3, 0.4) is 0 Å². The van der Waals surface area contributed by atoms with E-state index in [1.54, 1.807) is 10.8 Å². The van der Waals surface area contributed by atoms with Crippen molar-refractivity contribution < 1.29 is 31.8 Å². The summed E-state index contributed by atoms with van der Waals surface area (Å²) in [7, 11) is -1.27. The molecular formula is C25H25ClF4N6O3Si. The highest BCUT2D eigenvalue weighted by Crippen LogP contribution is 2.37. The summed E-state index contributed by atoms with van der Waals surface area (Å²) >= 11 is 6.41. The molecule has 1 aromatic carbocycles. The molecule has 2 amide bonds. The van der Waals surface area contributed by atoms with Crippen molar-refractivity contribution in [3.05, 3.63) is 65.1 Å². The predicted octanol–water partition coefficient (Wildman–Crippen LogP) is 7.44. The van der Waals surface area contributed by atoms with Gasteiger partial charge in [-0.2, -0.15) is 0 Å². The molecule has 0 saturated heterocycles. The number of ether oxygens (including phenoxy) is 2. The van der Waals surface area contributed by atoms with E-state index in [2.05, 4.69) is 45.5 Å². The molecule has 0 aliphatic heterocycles. The van der Waals surface area contributed by atoms with E-state index in [0.717, 1.165) is 30.3 Å². The number of anilines is 2. The quantitative estimate of drug-likeness (QED) is 0.112. The van der Waals surface area contributed by atoms with Crippen LogP contribution in [0.25, 0.3) is 11.0 Å². The van der Waals surface area contributed by atoms with Gasteiger partial charge in [0.1, 0.15) is 23.8 Å². The first-order chi connectivity index (χ1) is 18.9.